The van der Waals surface area contributed by atoms with Crippen molar-refractivity contribution in [3.05, 3.63) is 100 Å². The summed E-state index contributed by atoms with van der Waals surface area (Å²) in [7, 11) is 0. The number of non-ortho nitro benzene ring substituents is 1. The van der Waals surface area contributed by atoms with Crippen molar-refractivity contribution in [2.75, 3.05) is 11.1 Å². The van der Waals surface area contributed by atoms with Gasteiger partial charge in [0.05, 0.1) is 16.9 Å². The van der Waals surface area contributed by atoms with E-state index in [-0.39, 0.29) is 24.0 Å². The number of nitrogens with two attached hydrogens (primary N) is 1. The number of nitrogen functional groups attached to an aromatic ring is 1. The minimum Gasteiger partial charge on any atom is -0.383 e. The van der Waals surface area contributed by atoms with Crippen molar-refractivity contribution in [3.8, 4) is 11.3 Å². The highest BCUT2D eigenvalue weighted by atomic mass is 16.6. The quantitative estimate of drug-likeness (QED) is 0.284. The number of aromatic nitrogens is 5. The molecular formula is C24H18N8O3. The predicted molar refractivity (Wildman–Crippen MR) is 130 cm³/mol. The Morgan fingerprint density at radius 2 is 1.86 bits per heavy atom. The Kier molecular flexibility index (Phi) is 5.55. The highest BCUT2D eigenvalue weighted by Crippen LogP contribution is 2.31. The Morgan fingerprint density at radius 1 is 1.03 bits per heavy atom. The van der Waals surface area contributed by atoms with E-state index in [4.69, 9.17) is 5.73 Å². The molecule has 172 valence electrons. The summed E-state index contributed by atoms with van der Waals surface area (Å²) in [6.07, 6.45) is 2.94. The van der Waals surface area contributed by atoms with Gasteiger partial charge < -0.3 is 11.1 Å². The topological polar surface area (TPSA) is 155 Å². The number of benzene rings is 2. The first-order chi connectivity index (χ1) is 17.0. The molecule has 5 aromatic rings. The molecule has 3 heterocycles. The molecule has 1 amide bonds. The zero-order valence-corrected chi connectivity index (χ0v) is 18.2. The average Bonchev–Trinajstić information content (AvgIpc) is 3.24. The number of nitro benzene ring substituents is 1. The van der Waals surface area contributed by atoms with Gasteiger partial charge in [0, 0.05) is 29.5 Å². The van der Waals surface area contributed by atoms with E-state index < -0.39 is 4.92 Å². The maximum Gasteiger partial charge on any atom is 0.269 e. The van der Waals surface area contributed by atoms with Crippen LogP contribution in [-0.4, -0.2) is 35.6 Å². The molecule has 0 spiro atoms. The molecule has 0 saturated carbocycles. The molecule has 0 saturated heterocycles. The molecule has 0 aliphatic heterocycles. The summed E-state index contributed by atoms with van der Waals surface area (Å²) in [4.78, 5) is 35.8. The van der Waals surface area contributed by atoms with Gasteiger partial charge in [-0.25, -0.2) is 19.6 Å². The summed E-state index contributed by atoms with van der Waals surface area (Å²) < 4.78 is 1.63. The summed E-state index contributed by atoms with van der Waals surface area (Å²) in [6.45, 7) is 0.249. The fourth-order valence-electron chi connectivity index (χ4n) is 3.69. The number of pyridine rings is 1. The molecule has 0 fully saturated rings. The fraction of sp³-hybridized carbons (Fsp3) is 0.0417. The molecule has 0 radical (unpaired) electrons. The van der Waals surface area contributed by atoms with E-state index in [0.717, 1.165) is 0 Å². The van der Waals surface area contributed by atoms with Crippen LogP contribution in [0.15, 0.2) is 79.3 Å². The molecule has 35 heavy (non-hydrogen) atoms. The number of rotatable bonds is 6. The zero-order chi connectivity index (χ0) is 24.4. The monoisotopic (exact) mass is 466 g/mol. The third-order valence-corrected chi connectivity index (χ3v) is 5.34. The molecule has 11 nitrogen and oxygen atoms in total. The van der Waals surface area contributed by atoms with E-state index in [1.165, 1.54) is 18.5 Å². The van der Waals surface area contributed by atoms with Crippen LogP contribution in [0.3, 0.4) is 0 Å². The molecule has 0 unspecified atom stereocenters. The van der Waals surface area contributed by atoms with E-state index in [1.54, 1.807) is 65.5 Å². The van der Waals surface area contributed by atoms with E-state index in [0.29, 0.717) is 39.2 Å². The van der Waals surface area contributed by atoms with Gasteiger partial charge in [-0.05, 0) is 29.8 Å². The van der Waals surface area contributed by atoms with Crippen LogP contribution in [0.1, 0.15) is 15.9 Å². The number of carbonyl (C=O) groups excluding carboxylic acids is 1. The fourth-order valence-corrected chi connectivity index (χ4v) is 3.69. The Balaban J connectivity index is 1.48. The Hall–Kier alpha value is -5.19. The second kappa shape index (κ2) is 8.98. The highest BCUT2D eigenvalue weighted by Gasteiger charge is 2.18. The molecule has 0 atom stereocenters. The maximum absolute atomic E-state index is 12.6. The van der Waals surface area contributed by atoms with Crippen LogP contribution in [0.4, 0.5) is 17.3 Å². The number of hydrogen-bond acceptors (Lipinski definition) is 8. The third kappa shape index (κ3) is 4.37. The number of nitrogens with one attached hydrogen (secondary N) is 1. The average molecular weight is 466 g/mol. The van der Waals surface area contributed by atoms with E-state index in [1.807, 2.05) is 0 Å². The van der Waals surface area contributed by atoms with Crippen LogP contribution in [0.2, 0.25) is 0 Å². The second-order valence-electron chi connectivity index (χ2n) is 7.64. The van der Waals surface area contributed by atoms with Gasteiger partial charge in [-0.3, -0.25) is 14.9 Å². The summed E-state index contributed by atoms with van der Waals surface area (Å²) in [5.41, 5.74) is 9.04. The van der Waals surface area contributed by atoms with Crippen molar-refractivity contribution < 1.29 is 9.72 Å². The minimum atomic E-state index is -0.443. The summed E-state index contributed by atoms with van der Waals surface area (Å²) >= 11 is 0. The minimum absolute atomic E-state index is 0.00658. The first-order valence-corrected chi connectivity index (χ1v) is 10.5. The van der Waals surface area contributed by atoms with Crippen LogP contribution in [0, 0.1) is 10.1 Å². The van der Waals surface area contributed by atoms with Crippen molar-refractivity contribution in [2.45, 2.75) is 6.54 Å². The number of anilines is 2. The third-order valence-electron chi connectivity index (χ3n) is 5.34. The molecule has 0 bridgehead atoms. The largest absolute Gasteiger partial charge is 0.383 e. The molecule has 0 aliphatic rings. The molecular weight excluding hydrogens is 448 g/mol. The molecule has 2 aromatic carbocycles. The van der Waals surface area contributed by atoms with E-state index >= 15 is 0 Å². The Bertz CT molecular complexity index is 1550. The van der Waals surface area contributed by atoms with Gasteiger partial charge in [-0.15, -0.1) is 0 Å². The van der Waals surface area contributed by atoms with Crippen molar-refractivity contribution in [1.82, 2.24) is 24.7 Å². The zero-order valence-electron chi connectivity index (χ0n) is 18.2. The molecule has 11 heteroatoms. The normalized spacial score (nSPS) is 10.9. The first-order valence-electron chi connectivity index (χ1n) is 10.5. The number of carbonyl (C=O) groups is 1. The molecule has 5 rings (SSSR count). The Labute approximate surface area is 198 Å². The highest BCUT2D eigenvalue weighted by molar-refractivity contribution is 6.04. The van der Waals surface area contributed by atoms with Gasteiger partial charge in [0.15, 0.2) is 5.65 Å². The lowest BCUT2D eigenvalue weighted by atomic mass is 10.1. The standard InChI is InChI=1S/C24H18N8O3/c25-22-20-21(16-7-9-17(10-8-16)24(33)29-19-6-1-2-11-26-19)30-31(23(20)28-14-27-22)13-15-4-3-5-18(12-15)32(34)35/h1-12,14H,13H2,(H2,25,27,28)(H,26,29,33). The summed E-state index contributed by atoms with van der Waals surface area (Å²) in [5.74, 6) is 0.420. The summed E-state index contributed by atoms with van der Waals surface area (Å²) in [6, 6.07) is 18.5. The smallest absolute Gasteiger partial charge is 0.269 e. The lowest BCUT2D eigenvalue weighted by Crippen LogP contribution is -2.12. The summed E-state index contributed by atoms with van der Waals surface area (Å²) in [5, 5.41) is 19.1. The lowest BCUT2D eigenvalue weighted by molar-refractivity contribution is -0.384. The van der Waals surface area contributed by atoms with Gasteiger partial charge in [0.25, 0.3) is 11.6 Å². The van der Waals surface area contributed by atoms with Crippen molar-refractivity contribution in [1.29, 1.82) is 0 Å². The Morgan fingerprint density at radius 3 is 2.60 bits per heavy atom. The van der Waals surface area contributed by atoms with Crippen molar-refractivity contribution in [2.24, 2.45) is 0 Å². The van der Waals surface area contributed by atoms with Crippen LogP contribution in [0.25, 0.3) is 22.3 Å². The maximum atomic E-state index is 12.6. The van der Waals surface area contributed by atoms with Gasteiger partial charge in [-0.2, -0.15) is 5.10 Å². The molecule has 3 aromatic heterocycles. The molecule has 0 aliphatic carbocycles. The van der Waals surface area contributed by atoms with Gasteiger partial charge in [0.1, 0.15) is 23.7 Å². The van der Waals surface area contributed by atoms with Crippen LogP contribution >= 0.6 is 0 Å². The second-order valence-corrected chi connectivity index (χ2v) is 7.64. The van der Waals surface area contributed by atoms with Gasteiger partial charge in [-0.1, -0.05) is 30.3 Å². The lowest BCUT2D eigenvalue weighted by Gasteiger charge is -2.05. The van der Waals surface area contributed by atoms with E-state index in [2.05, 4.69) is 25.4 Å². The van der Waals surface area contributed by atoms with Crippen LogP contribution in [0.5, 0.6) is 0 Å². The van der Waals surface area contributed by atoms with Gasteiger partial charge in [0.2, 0.25) is 0 Å². The number of fused-ring (bicyclic) bond motifs is 1. The van der Waals surface area contributed by atoms with Crippen molar-refractivity contribution >= 4 is 34.3 Å². The van der Waals surface area contributed by atoms with Gasteiger partial charge >= 0.3 is 0 Å². The number of nitrogens with zero attached hydrogens (tertiary/aromatic N) is 6. The predicted octanol–water partition coefficient (Wildman–Crippen LogP) is 3.68. The van der Waals surface area contributed by atoms with Crippen molar-refractivity contribution in [3.63, 3.8) is 0 Å². The van der Waals surface area contributed by atoms with E-state index in [9.17, 15) is 14.9 Å². The number of nitro groups is 1. The number of hydrogen-bond donors (Lipinski definition) is 2. The van der Waals surface area contributed by atoms with Crippen LogP contribution < -0.4 is 11.1 Å². The molecule has 3 N–H and O–H groups in total. The number of amides is 1. The van der Waals surface area contributed by atoms with Crippen LogP contribution in [-0.2, 0) is 6.54 Å². The first kappa shape index (κ1) is 21.6. The SMILES string of the molecule is Nc1ncnc2c1c(-c1ccc(C(=O)Nc3ccccn3)cc1)nn2Cc1cccc([N+](=O)[O-])c1.